The molecule has 1 aromatic rings. The first kappa shape index (κ1) is 26.7. The zero-order valence-electron chi connectivity index (χ0n) is 16.9. The summed E-state index contributed by atoms with van der Waals surface area (Å²) in [5.41, 5.74) is 6.06. The molecule has 4 atom stereocenters. The molecule has 0 aromatic carbocycles. The third kappa shape index (κ3) is 9.16. The predicted octanol–water partition coefficient (Wildman–Crippen LogP) is -2.51. The summed E-state index contributed by atoms with van der Waals surface area (Å²) in [5, 5.41) is 26.0. The molecule has 174 valence electrons. The number of carbonyl (C=O) groups is 4. The smallest absolute Gasteiger partial charge is 0.326 e. The van der Waals surface area contributed by atoms with Crippen LogP contribution in [0.15, 0.2) is 12.5 Å². The van der Waals surface area contributed by atoms with E-state index in [2.05, 4.69) is 38.5 Å². The van der Waals surface area contributed by atoms with Crippen molar-refractivity contribution in [1.29, 1.82) is 0 Å². The van der Waals surface area contributed by atoms with Gasteiger partial charge < -0.3 is 36.9 Å². The van der Waals surface area contributed by atoms with E-state index in [4.69, 9.17) is 5.73 Å². The van der Waals surface area contributed by atoms with Crippen molar-refractivity contribution in [2.75, 3.05) is 24.4 Å². The van der Waals surface area contributed by atoms with Crippen LogP contribution in [0.2, 0.25) is 0 Å². The van der Waals surface area contributed by atoms with Gasteiger partial charge >= 0.3 is 5.97 Å². The van der Waals surface area contributed by atoms with Crippen LogP contribution in [0.1, 0.15) is 12.1 Å². The van der Waals surface area contributed by atoms with Gasteiger partial charge in [0.1, 0.15) is 18.1 Å². The lowest BCUT2D eigenvalue weighted by Gasteiger charge is -2.24. The number of hydrogen-bond acceptors (Lipinski definition) is 9. The van der Waals surface area contributed by atoms with Gasteiger partial charge in [0.25, 0.3) is 0 Å². The van der Waals surface area contributed by atoms with Gasteiger partial charge in [0, 0.05) is 24.1 Å². The van der Waals surface area contributed by atoms with Crippen LogP contribution in [-0.4, -0.2) is 92.4 Å². The zero-order chi connectivity index (χ0) is 23.4. The van der Waals surface area contributed by atoms with Crippen LogP contribution < -0.4 is 21.7 Å². The van der Waals surface area contributed by atoms with E-state index in [0.29, 0.717) is 11.4 Å². The summed E-state index contributed by atoms with van der Waals surface area (Å²) in [6.07, 6.45) is 4.83. The number of nitrogens with two attached hydrogens (primary N) is 1. The number of amides is 3. The van der Waals surface area contributed by atoms with Crippen LogP contribution in [-0.2, 0) is 25.6 Å². The van der Waals surface area contributed by atoms with Crippen molar-refractivity contribution >= 4 is 48.1 Å². The van der Waals surface area contributed by atoms with E-state index >= 15 is 0 Å². The van der Waals surface area contributed by atoms with E-state index in [0.717, 1.165) is 0 Å². The second kappa shape index (κ2) is 13.9. The monoisotopic (exact) mass is 476 g/mol. The fourth-order valence-electron chi connectivity index (χ4n) is 2.42. The number of thiol groups is 1. The van der Waals surface area contributed by atoms with Crippen molar-refractivity contribution in [1.82, 2.24) is 25.9 Å². The number of aliphatic hydroxyl groups is 1. The molecule has 1 heterocycles. The molecule has 0 aliphatic carbocycles. The lowest BCUT2D eigenvalue weighted by atomic mass is 10.1. The van der Waals surface area contributed by atoms with Crippen LogP contribution in [0.4, 0.5) is 0 Å². The normalized spacial score (nSPS) is 14.7. The van der Waals surface area contributed by atoms with E-state index < -0.39 is 54.5 Å². The number of aliphatic carboxylic acids is 1. The number of aromatic nitrogens is 2. The first-order chi connectivity index (χ1) is 14.7. The van der Waals surface area contributed by atoms with Gasteiger partial charge in [-0.25, -0.2) is 9.78 Å². The lowest BCUT2D eigenvalue weighted by molar-refractivity contribution is -0.142. The average molecular weight is 477 g/mol. The maximum Gasteiger partial charge on any atom is 0.326 e. The number of aliphatic hydroxyl groups excluding tert-OH is 1. The Morgan fingerprint density at radius 3 is 2.29 bits per heavy atom. The highest BCUT2D eigenvalue weighted by molar-refractivity contribution is 7.98. The van der Waals surface area contributed by atoms with Gasteiger partial charge in [-0.05, 0) is 18.4 Å². The molecular weight excluding hydrogens is 448 g/mol. The molecule has 4 unspecified atom stereocenters. The number of carboxylic acids is 1. The second-order valence-corrected chi connectivity index (χ2v) is 7.91. The summed E-state index contributed by atoms with van der Waals surface area (Å²) < 4.78 is 0. The van der Waals surface area contributed by atoms with E-state index in [-0.39, 0.29) is 18.6 Å². The lowest BCUT2D eigenvalue weighted by Crippen LogP contribution is -2.58. The van der Waals surface area contributed by atoms with Crippen molar-refractivity contribution in [2.24, 2.45) is 5.73 Å². The Kier molecular flexibility index (Phi) is 12.0. The maximum atomic E-state index is 12.8. The number of H-pyrrole nitrogens is 1. The maximum absolute atomic E-state index is 12.8. The Bertz CT molecular complexity index is 735. The minimum atomic E-state index is -1.36. The summed E-state index contributed by atoms with van der Waals surface area (Å²) in [7, 11) is 0. The summed E-state index contributed by atoms with van der Waals surface area (Å²) >= 11 is 5.33. The molecule has 0 radical (unpaired) electrons. The molecule has 14 heteroatoms. The number of thioether (sulfide) groups is 1. The number of nitrogens with one attached hydrogen (secondary N) is 4. The molecule has 1 rings (SSSR count). The first-order valence-corrected chi connectivity index (χ1v) is 11.3. The van der Waals surface area contributed by atoms with E-state index in [1.54, 1.807) is 0 Å². The van der Waals surface area contributed by atoms with E-state index in [1.807, 2.05) is 6.26 Å². The van der Waals surface area contributed by atoms with Crippen molar-refractivity contribution in [3.8, 4) is 0 Å². The fraction of sp³-hybridized carbons (Fsp3) is 0.588. The van der Waals surface area contributed by atoms with Gasteiger partial charge in [0.15, 0.2) is 0 Å². The van der Waals surface area contributed by atoms with Gasteiger partial charge in [0.05, 0.1) is 19.0 Å². The van der Waals surface area contributed by atoms with Crippen LogP contribution in [0.3, 0.4) is 0 Å². The van der Waals surface area contributed by atoms with Crippen molar-refractivity contribution in [3.63, 3.8) is 0 Å². The second-order valence-electron chi connectivity index (χ2n) is 6.56. The highest BCUT2D eigenvalue weighted by Crippen LogP contribution is 2.04. The largest absolute Gasteiger partial charge is 0.480 e. The Balaban J connectivity index is 2.93. The summed E-state index contributed by atoms with van der Waals surface area (Å²) in [5.74, 6) is -2.91. The molecule has 12 nitrogen and oxygen atoms in total. The van der Waals surface area contributed by atoms with Gasteiger partial charge in [0.2, 0.25) is 17.7 Å². The standard InChI is InChI=1S/C17H28N6O6S2/c1-31-3-2-11(17(28)29)21-15(26)12(4-9-5-19-8-20-9)22-16(27)13(6-24)23-14(25)10(18)7-30/h5,8,10-13,24,30H,2-4,6-7,18H2,1H3,(H,19,20)(H,21,26)(H,22,27)(H,23,25)(H,28,29). The van der Waals surface area contributed by atoms with Crippen molar-refractivity contribution in [3.05, 3.63) is 18.2 Å². The van der Waals surface area contributed by atoms with Crippen molar-refractivity contribution in [2.45, 2.75) is 37.0 Å². The van der Waals surface area contributed by atoms with Gasteiger partial charge in [-0.3, -0.25) is 14.4 Å². The Hall–Kier alpha value is -2.29. The van der Waals surface area contributed by atoms with Gasteiger partial charge in [-0.1, -0.05) is 0 Å². The molecule has 0 fully saturated rings. The quantitative estimate of drug-likeness (QED) is 0.134. The highest BCUT2D eigenvalue weighted by atomic mass is 32.2. The van der Waals surface area contributed by atoms with Gasteiger partial charge in [-0.2, -0.15) is 24.4 Å². The SMILES string of the molecule is CSCCC(NC(=O)C(Cc1cnc[nH]1)NC(=O)C(CO)NC(=O)C(N)CS)C(=O)O. The van der Waals surface area contributed by atoms with Crippen molar-refractivity contribution < 1.29 is 29.4 Å². The minimum absolute atomic E-state index is 0.0192. The Morgan fingerprint density at radius 2 is 1.77 bits per heavy atom. The Morgan fingerprint density at radius 1 is 1.16 bits per heavy atom. The molecule has 1 aromatic heterocycles. The number of carbonyl (C=O) groups excluding carboxylic acids is 3. The predicted molar refractivity (Wildman–Crippen MR) is 118 cm³/mol. The summed E-state index contributed by atoms with van der Waals surface area (Å²) in [6, 6.07) is -4.67. The molecule has 0 aliphatic heterocycles. The van der Waals surface area contributed by atoms with Crippen LogP contribution >= 0.6 is 24.4 Å². The first-order valence-electron chi connectivity index (χ1n) is 9.30. The number of imidazole rings is 1. The number of rotatable bonds is 14. The number of nitrogens with zero attached hydrogens (tertiary/aromatic N) is 1. The number of carboxylic acid groups (broad SMARTS) is 1. The van der Waals surface area contributed by atoms with E-state index in [9.17, 15) is 29.4 Å². The Labute approximate surface area is 188 Å². The van der Waals surface area contributed by atoms with Gasteiger partial charge in [-0.15, -0.1) is 0 Å². The average Bonchev–Trinajstić information content (AvgIpc) is 3.26. The molecule has 3 amide bonds. The van der Waals surface area contributed by atoms with E-state index in [1.165, 1.54) is 24.3 Å². The third-order valence-corrected chi connectivity index (χ3v) is 5.22. The zero-order valence-corrected chi connectivity index (χ0v) is 18.6. The molecule has 0 spiro atoms. The minimum Gasteiger partial charge on any atom is -0.480 e. The molecule has 0 bridgehead atoms. The fourth-order valence-corrected chi connectivity index (χ4v) is 3.06. The third-order valence-electron chi connectivity index (χ3n) is 4.19. The topological polar surface area (TPSA) is 200 Å². The summed E-state index contributed by atoms with van der Waals surface area (Å²) in [6.45, 7) is -0.735. The highest BCUT2D eigenvalue weighted by Gasteiger charge is 2.30. The molecular formula is C17H28N6O6S2. The molecule has 0 saturated heterocycles. The molecule has 0 saturated carbocycles. The summed E-state index contributed by atoms with van der Waals surface area (Å²) in [4.78, 5) is 55.3. The molecule has 8 N–H and O–H groups in total. The van der Waals surface area contributed by atoms with Crippen LogP contribution in [0.25, 0.3) is 0 Å². The number of aromatic amines is 1. The van der Waals surface area contributed by atoms with Crippen LogP contribution in [0.5, 0.6) is 0 Å². The number of hydrogen-bond donors (Lipinski definition) is 8. The van der Waals surface area contributed by atoms with Crippen LogP contribution in [0, 0.1) is 0 Å². The molecule has 0 aliphatic rings. The molecule has 31 heavy (non-hydrogen) atoms.